The first-order valence-electron chi connectivity index (χ1n) is 5.24. The summed E-state index contributed by atoms with van der Waals surface area (Å²) in [7, 11) is 0. The smallest absolute Gasteiger partial charge is 0.332 e. The first-order chi connectivity index (χ1) is 6.33. The van der Waals surface area contributed by atoms with Gasteiger partial charge in [0.05, 0.1) is 0 Å². The Morgan fingerprint density at radius 1 is 1.29 bits per heavy atom. The molecule has 2 heteroatoms. The third kappa shape index (κ3) is 3.52. The van der Waals surface area contributed by atoms with Gasteiger partial charge in [0.15, 0.2) is 0 Å². The molecular formula is C12H22O2. The maximum absolute atomic E-state index is 11.1. The lowest BCUT2D eigenvalue weighted by Crippen LogP contribution is -2.22. The zero-order valence-electron chi connectivity index (χ0n) is 9.98. The Morgan fingerprint density at radius 2 is 1.79 bits per heavy atom. The highest BCUT2D eigenvalue weighted by Gasteiger charge is 2.28. The van der Waals surface area contributed by atoms with Crippen LogP contribution in [0.3, 0.4) is 0 Å². The van der Waals surface area contributed by atoms with Gasteiger partial charge >= 0.3 is 5.97 Å². The molecule has 0 saturated heterocycles. The molecule has 0 unspecified atom stereocenters. The molecule has 0 saturated carbocycles. The van der Waals surface area contributed by atoms with Gasteiger partial charge in [0, 0.05) is 5.57 Å². The van der Waals surface area contributed by atoms with Gasteiger partial charge < -0.3 is 5.11 Å². The summed E-state index contributed by atoms with van der Waals surface area (Å²) in [6.45, 7) is 9.89. The molecule has 1 N–H and O–H groups in total. The average Bonchev–Trinajstić information content (AvgIpc) is 1.98. The minimum atomic E-state index is -0.772. The van der Waals surface area contributed by atoms with E-state index in [9.17, 15) is 4.79 Å². The molecular weight excluding hydrogens is 176 g/mol. The topological polar surface area (TPSA) is 37.3 Å². The second-order valence-electron chi connectivity index (χ2n) is 4.67. The van der Waals surface area contributed by atoms with Crippen LogP contribution in [0.2, 0.25) is 0 Å². The monoisotopic (exact) mass is 198 g/mol. The van der Waals surface area contributed by atoms with Gasteiger partial charge in [-0.1, -0.05) is 39.2 Å². The predicted molar refractivity (Wildman–Crippen MR) is 59.3 cm³/mol. The Balaban J connectivity index is 4.83. The summed E-state index contributed by atoms with van der Waals surface area (Å²) < 4.78 is 0. The number of rotatable bonds is 5. The zero-order valence-corrected chi connectivity index (χ0v) is 9.98. The normalized spacial score (nSPS) is 11.2. The van der Waals surface area contributed by atoms with Crippen molar-refractivity contribution >= 4 is 5.97 Å². The molecule has 0 rings (SSSR count). The molecule has 0 spiro atoms. The Bertz CT molecular complexity index is 233. The van der Waals surface area contributed by atoms with Gasteiger partial charge in [0.1, 0.15) is 0 Å². The van der Waals surface area contributed by atoms with E-state index in [1.165, 1.54) is 0 Å². The lowest BCUT2D eigenvalue weighted by Gasteiger charge is -2.26. The first kappa shape index (κ1) is 13.2. The summed E-state index contributed by atoms with van der Waals surface area (Å²) in [6, 6.07) is 0. The highest BCUT2D eigenvalue weighted by atomic mass is 16.4. The van der Waals surface area contributed by atoms with Crippen LogP contribution < -0.4 is 0 Å². The van der Waals surface area contributed by atoms with Crippen LogP contribution in [-0.4, -0.2) is 11.1 Å². The molecule has 0 fully saturated rings. The van der Waals surface area contributed by atoms with Crippen molar-refractivity contribution in [1.82, 2.24) is 0 Å². The third-order valence-corrected chi connectivity index (χ3v) is 2.55. The van der Waals surface area contributed by atoms with Crippen LogP contribution in [0.25, 0.3) is 0 Å². The van der Waals surface area contributed by atoms with Gasteiger partial charge in [0.2, 0.25) is 0 Å². The van der Waals surface area contributed by atoms with Crippen molar-refractivity contribution in [2.45, 2.75) is 53.9 Å². The van der Waals surface area contributed by atoms with E-state index in [4.69, 9.17) is 5.11 Å². The molecule has 0 heterocycles. The minimum absolute atomic E-state index is 0.208. The molecule has 0 aromatic rings. The Hall–Kier alpha value is -0.790. The number of unbranched alkanes of at least 4 members (excludes halogenated alkanes) is 1. The van der Waals surface area contributed by atoms with Gasteiger partial charge in [-0.25, -0.2) is 4.79 Å². The number of hydrogen-bond acceptors (Lipinski definition) is 1. The van der Waals surface area contributed by atoms with Crippen LogP contribution in [0, 0.1) is 5.41 Å². The van der Waals surface area contributed by atoms with Gasteiger partial charge in [-0.3, -0.25) is 0 Å². The van der Waals surface area contributed by atoms with Crippen LogP contribution in [0.1, 0.15) is 53.9 Å². The van der Waals surface area contributed by atoms with Crippen molar-refractivity contribution in [3.63, 3.8) is 0 Å². The second kappa shape index (κ2) is 5.18. The van der Waals surface area contributed by atoms with Crippen molar-refractivity contribution in [2.75, 3.05) is 0 Å². The van der Waals surface area contributed by atoms with Gasteiger partial charge in [0.25, 0.3) is 0 Å². The fourth-order valence-electron chi connectivity index (χ4n) is 1.92. The molecule has 2 nitrogen and oxygen atoms in total. The lowest BCUT2D eigenvalue weighted by molar-refractivity contribution is -0.133. The highest BCUT2D eigenvalue weighted by molar-refractivity contribution is 5.88. The average molecular weight is 198 g/mol. The van der Waals surface area contributed by atoms with Crippen molar-refractivity contribution < 1.29 is 9.90 Å². The van der Waals surface area contributed by atoms with Crippen LogP contribution in [-0.2, 0) is 4.79 Å². The number of carboxylic acid groups (broad SMARTS) is 1. The molecule has 0 atom stereocenters. The number of allylic oxidation sites excluding steroid dienone is 1. The third-order valence-electron chi connectivity index (χ3n) is 2.55. The van der Waals surface area contributed by atoms with Gasteiger partial charge in [-0.2, -0.15) is 0 Å². The highest BCUT2D eigenvalue weighted by Crippen LogP contribution is 2.34. The quantitative estimate of drug-likeness (QED) is 0.685. The summed E-state index contributed by atoms with van der Waals surface area (Å²) in [4.78, 5) is 11.1. The van der Waals surface area contributed by atoms with E-state index in [1.54, 1.807) is 0 Å². The molecule has 0 radical (unpaired) electrons. The van der Waals surface area contributed by atoms with Crippen molar-refractivity contribution in [3.8, 4) is 0 Å². The van der Waals surface area contributed by atoms with Crippen LogP contribution >= 0.6 is 0 Å². The molecule has 0 aromatic carbocycles. The largest absolute Gasteiger partial charge is 0.478 e. The summed E-state index contributed by atoms with van der Waals surface area (Å²) in [5, 5.41) is 9.12. The number of aliphatic carboxylic acids is 1. The molecule has 0 aliphatic heterocycles. The lowest BCUT2D eigenvalue weighted by atomic mass is 9.78. The molecule has 82 valence electrons. The standard InChI is InChI=1S/C12H22O2/c1-6-7-8-12(4,5)10(9(2)3)11(13)14/h6-8H2,1-5H3,(H,13,14). The summed E-state index contributed by atoms with van der Waals surface area (Å²) >= 11 is 0. The molecule has 0 bridgehead atoms. The van der Waals surface area contributed by atoms with E-state index >= 15 is 0 Å². The van der Waals surface area contributed by atoms with Gasteiger partial charge in [-0.05, 0) is 25.7 Å². The van der Waals surface area contributed by atoms with E-state index in [2.05, 4.69) is 6.92 Å². The summed E-state index contributed by atoms with van der Waals surface area (Å²) in [5.74, 6) is -0.772. The first-order valence-corrected chi connectivity index (χ1v) is 5.24. The zero-order chi connectivity index (χ0) is 11.4. The number of carbonyl (C=O) groups is 1. The van der Waals surface area contributed by atoms with E-state index < -0.39 is 5.97 Å². The number of hydrogen-bond donors (Lipinski definition) is 1. The molecule has 0 amide bonds. The van der Waals surface area contributed by atoms with Gasteiger partial charge in [-0.15, -0.1) is 0 Å². The van der Waals surface area contributed by atoms with Crippen molar-refractivity contribution in [1.29, 1.82) is 0 Å². The Kier molecular flexibility index (Phi) is 4.89. The predicted octanol–water partition coefficient (Wildman–Crippen LogP) is 3.62. The molecule has 0 aliphatic carbocycles. The second-order valence-corrected chi connectivity index (χ2v) is 4.67. The van der Waals surface area contributed by atoms with Crippen molar-refractivity contribution in [2.24, 2.45) is 5.41 Å². The fourth-order valence-corrected chi connectivity index (χ4v) is 1.92. The number of carboxylic acids is 1. The molecule has 0 aliphatic rings. The SMILES string of the molecule is CCCCC(C)(C)C(C(=O)O)=C(C)C. The molecule has 14 heavy (non-hydrogen) atoms. The summed E-state index contributed by atoms with van der Waals surface area (Å²) in [6.07, 6.45) is 3.13. The summed E-state index contributed by atoms with van der Waals surface area (Å²) in [5.41, 5.74) is 1.28. The van der Waals surface area contributed by atoms with E-state index in [-0.39, 0.29) is 5.41 Å². The maximum Gasteiger partial charge on any atom is 0.332 e. The van der Waals surface area contributed by atoms with Crippen LogP contribution in [0.4, 0.5) is 0 Å². The van der Waals surface area contributed by atoms with E-state index in [1.807, 2.05) is 27.7 Å². The maximum atomic E-state index is 11.1. The van der Waals surface area contributed by atoms with Crippen LogP contribution in [0.15, 0.2) is 11.1 Å². The van der Waals surface area contributed by atoms with Crippen LogP contribution in [0.5, 0.6) is 0 Å². The van der Waals surface area contributed by atoms with Crippen molar-refractivity contribution in [3.05, 3.63) is 11.1 Å². The fraction of sp³-hybridized carbons (Fsp3) is 0.750. The van der Waals surface area contributed by atoms with E-state index in [0.717, 1.165) is 24.8 Å². The molecule has 0 aromatic heterocycles. The minimum Gasteiger partial charge on any atom is -0.478 e. The van der Waals surface area contributed by atoms with E-state index in [0.29, 0.717) is 5.57 Å². The Morgan fingerprint density at radius 3 is 2.07 bits per heavy atom. The Labute approximate surface area is 87.0 Å².